The number of rotatable bonds is 6. The van der Waals surface area contributed by atoms with Crippen LogP contribution in [-0.4, -0.2) is 23.5 Å². The van der Waals surface area contributed by atoms with E-state index in [0.29, 0.717) is 17.0 Å². The first-order chi connectivity index (χ1) is 7.67. The number of hydrogen-bond acceptors (Lipinski definition) is 3. The number of benzene rings is 1. The van der Waals surface area contributed by atoms with E-state index in [4.69, 9.17) is 10.8 Å². The summed E-state index contributed by atoms with van der Waals surface area (Å²) >= 11 is 1.85. The fourth-order valence-corrected chi connectivity index (χ4v) is 2.89. The lowest BCUT2D eigenvalue weighted by Gasteiger charge is -2.19. The predicted molar refractivity (Wildman–Crippen MR) is 71.7 cm³/mol. The van der Waals surface area contributed by atoms with Crippen LogP contribution in [0.4, 0.5) is 0 Å². The molecule has 0 fully saturated rings. The molecule has 16 heavy (non-hydrogen) atoms. The minimum atomic E-state index is 0.249. The van der Waals surface area contributed by atoms with E-state index in [1.165, 1.54) is 11.1 Å². The molecular formula is C13H21NOS. The first kappa shape index (κ1) is 13.6. The second-order valence-electron chi connectivity index (χ2n) is 4.10. The number of aliphatic hydroxyl groups excluding tert-OH is 1. The van der Waals surface area contributed by atoms with Crippen LogP contribution in [0.15, 0.2) is 24.3 Å². The molecule has 0 aromatic heterocycles. The molecule has 0 aliphatic rings. The Kier molecular flexibility index (Phi) is 5.88. The van der Waals surface area contributed by atoms with E-state index >= 15 is 0 Å². The number of hydrogen-bond donors (Lipinski definition) is 2. The Balaban J connectivity index is 2.67. The molecule has 0 heterocycles. The maximum absolute atomic E-state index is 8.89. The lowest BCUT2D eigenvalue weighted by molar-refractivity contribution is 0.289. The second-order valence-corrected chi connectivity index (χ2v) is 5.74. The van der Waals surface area contributed by atoms with Crippen molar-refractivity contribution < 1.29 is 5.11 Å². The standard InChI is InChI=1S/C13H21NOS/c1-10-4-3-5-12(8-10)13(9-14)16-11(2)6-7-15/h3-5,8,11,13,15H,6-7,9,14H2,1-2H3. The van der Waals surface area contributed by atoms with Gasteiger partial charge in [0.2, 0.25) is 0 Å². The van der Waals surface area contributed by atoms with Crippen molar-refractivity contribution in [1.82, 2.24) is 0 Å². The smallest absolute Gasteiger partial charge is 0.0441 e. The van der Waals surface area contributed by atoms with Gasteiger partial charge in [-0.15, -0.1) is 11.8 Å². The van der Waals surface area contributed by atoms with E-state index in [1.54, 1.807) is 0 Å². The summed E-state index contributed by atoms with van der Waals surface area (Å²) in [6, 6.07) is 8.49. The largest absolute Gasteiger partial charge is 0.396 e. The first-order valence-electron chi connectivity index (χ1n) is 5.70. The van der Waals surface area contributed by atoms with Crippen molar-refractivity contribution in [3.05, 3.63) is 35.4 Å². The van der Waals surface area contributed by atoms with E-state index in [2.05, 4.69) is 38.1 Å². The molecule has 2 atom stereocenters. The summed E-state index contributed by atoms with van der Waals surface area (Å²) in [6.45, 7) is 5.13. The number of aliphatic hydroxyl groups is 1. The third-order valence-electron chi connectivity index (χ3n) is 2.56. The van der Waals surface area contributed by atoms with Crippen LogP contribution in [0, 0.1) is 6.92 Å². The lowest BCUT2D eigenvalue weighted by Crippen LogP contribution is -2.13. The molecule has 0 amide bonds. The Labute approximate surface area is 102 Å². The van der Waals surface area contributed by atoms with E-state index in [1.807, 2.05) is 11.8 Å². The third kappa shape index (κ3) is 4.16. The highest BCUT2D eigenvalue weighted by atomic mass is 32.2. The summed E-state index contributed by atoms with van der Waals surface area (Å²) in [7, 11) is 0. The van der Waals surface area contributed by atoms with Crippen molar-refractivity contribution in [3.63, 3.8) is 0 Å². The van der Waals surface area contributed by atoms with Gasteiger partial charge in [-0.25, -0.2) is 0 Å². The van der Waals surface area contributed by atoms with E-state index in [-0.39, 0.29) is 6.61 Å². The van der Waals surface area contributed by atoms with Gasteiger partial charge in [-0.3, -0.25) is 0 Å². The van der Waals surface area contributed by atoms with Gasteiger partial charge in [0.15, 0.2) is 0 Å². The molecule has 0 radical (unpaired) electrons. The van der Waals surface area contributed by atoms with Crippen molar-refractivity contribution in [2.75, 3.05) is 13.2 Å². The van der Waals surface area contributed by atoms with Gasteiger partial charge in [0.05, 0.1) is 0 Å². The van der Waals surface area contributed by atoms with Gasteiger partial charge in [0.25, 0.3) is 0 Å². The Morgan fingerprint density at radius 3 is 2.75 bits per heavy atom. The molecule has 0 saturated carbocycles. The molecule has 0 aliphatic carbocycles. The Morgan fingerprint density at radius 1 is 1.44 bits per heavy atom. The van der Waals surface area contributed by atoms with Crippen molar-refractivity contribution >= 4 is 11.8 Å². The zero-order valence-electron chi connectivity index (χ0n) is 10.0. The minimum absolute atomic E-state index is 0.249. The average Bonchev–Trinajstić information content (AvgIpc) is 2.26. The van der Waals surface area contributed by atoms with Gasteiger partial charge in [0, 0.05) is 23.7 Å². The van der Waals surface area contributed by atoms with Crippen molar-refractivity contribution in [1.29, 1.82) is 0 Å². The number of thioether (sulfide) groups is 1. The van der Waals surface area contributed by atoms with E-state index in [9.17, 15) is 0 Å². The monoisotopic (exact) mass is 239 g/mol. The molecule has 2 unspecified atom stereocenters. The highest BCUT2D eigenvalue weighted by Gasteiger charge is 2.14. The van der Waals surface area contributed by atoms with Crippen LogP contribution in [-0.2, 0) is 0 Å². The SMILES string of the molecule is Cc1cccc(C(CN)SC(C)CCO)c1. The first-order valence-corrected chi connectivity index (χ1v) is 6.64. The summed E-state index contributed by atoms with van der Waals surface area (Å²) in [5.74, 6) is 0. The molecule has 1 aromatic carbocycles. The number of aryl methyl sites for hydroxylation is 1. The van der Waals surface area contributed by atoms with Gasteiger partial charge < -0.3 is 10.8 Å². The highest BCUT2D eigenvalue weighted by Crippen LogP contribution is 2.32. The molecular weight excluding hydrogens is 218 g/mol. The maximum atomic E-state index is 8.89. The summed E-state index contributed by atoms with van der Waals surface area (Å²) in [6.07, 6.45) is 0.826. The molecule has 0 saturated heterocycles. The van der Waals surface area contributed by atoms with Crippen LogP contribution in [0.1, 0.15) is 29.7 Å². The molecule has 3 N–H and O–H groups in total. The molecule has 0 spiro atoms. The van der Waals surface area contributed by atoms with Crippen LogP contribution in [0.5, 0.6) is 0 Å². The normalized spacial score (nSPS) is 14.8. The van der Waals surface area contributed by atoms with Crippen molar-refractivity contribution in [2.24, 2.45) is 5.73 Å². The van der Waals surface area contributed by atoms with Crippen LogP contribution >= 0.6 is 11.8 Å². The quantitative estimate of drug-likeness (QED) is 0.802. The van der Waals surface area contributed by atoms with Gasteiger partial charge in [-0.2, -0.15) is 0 Å². The van der Waals surface area contributed by atoms with Gasteiger partial charge >= 0.3 is 0 Å². The summed E-state index contributed by atoms with van der Waals surface area (Å²) in [4.78, 5) is 0. The summed E-state index contributed by atoms with van der Waals surface area (Å²) < 4.78 is 0. The third-order valence-corrected chi connectivity index (χ3v) is 4.05. The summed E-state index contributed by atoms with van der Waals surface area (Å²) in [5, 5.41) is 9.67. The van der Waals surface area contributed by atoms with Gasteiger partial charge in [0.1, 0.15) is 0 Å². The second kappa shape index (κ2) is 6.94. The van der Waals surface area contributed by atoms with Gasteiger partial charge in [-0.05, 0) is 18.9 Å². The maximum Gasteiger partial charge on any atom is 0.0441 e. The fourth-order valence-electron chi connectivity index (χ4n) is 1.67. The van der Waals surface area contributed by atoms with Crippen LogP contribution in [0.3, 0.4) is 0 Å². The van der Waals surface area contributed by atoms with Crippen LogP contribution in [0.2, 0.25) is 0 Å². The summed E-state index contributed by atoms with van der Waals surface area (Å²) in [5.41, 5.74) is 8.37. The molecule has 3 heteroatoms. The lowest BCUT2D eigenvalue weighted by atomic mass is 10.1. The Bertz CT molecular complexity index is 317. The zero-order valence-corrected chi connectivity index (χ0v) is 10.8. The molecule has 2 nitrogen and oxygen atoms in total. The Morgan fingerprint density at radius 2 is 2.19 bits per heavy atom. The van der Waals surface area contributed by atoms with E-state index < -0.39 is 0 Å². The van der Waals surface area contributed by atoms with Gasteiger partial charge in [-0.1, -0.05) is 36.8 Å². The van der Waals surface area contributed by atoms with Crippen LogP contribution < -0.4 is 5.73 Å². The molecule has 1 rings (SSSR count). The number of nitrogens with two attached hydrogens (primary N) is 1. The minimum Gasteiger partial charge on any atom is -0.396 e. The molecule has 1 aromatic rings. The van der Waals surface area contributed by atoms with Crippen LogP contribution in [0.25, 0.3) is 0 Å². The van der Waals surface area contributed by atoms with Crippen molar-refractivity contribution in [2.45, 2.75) is 30.8 Å². The topological polar surface area (TPSA) is 46.2 Å². The van der Waals surface area contributed by atoms with Crippen molar-refractivity contribution in [3.8, 4) is 0 Å². The highest BCUT2D eigenvalue weighted by molar-refractivity contribution is 8.00. The molecule has 90 valence electrons. The Hall–Kier alpha value is -0.510. The van der Waals surface area contributed by atoms with E-state index in [0.717, 1.165) is 6.42 Å². The molecule has 0 aliphatic heterocycles. The average molecular weight is 239 g/mol. The molecule has 0 bridgehead atoms. The predicted octanol–water partition coefficient (Wildman–Crippen LogP) is 2.50. The fraction of sp³-hybridized carbons (Fsp3) is 0.538. The zero-order chi connectivity index (χ0) is 12.0.